The van der Waals surface area contributed by atoms with E-state index in [4.69, 9.17) is 11.2 Å². The first-order valence-corrected chi connectivity index (χ1v) is 5.72. The van der Waals surface area contributed by atoms with E-state index in [1.165, 1.54) is 4.90 Å². The molecule has 0 radical (unpaired) electrons. The number of hydrogen-bond donors (Lipinski definition) is 0. The largest absolute Gasteiger partial charge is 0.444 e. The van der Waals surface area contributed by atoms with Crippen LogP contribution in [0.4, 0.5) is 4.79 Å². The van der Waals surface area contributed by atoms with Gasteiger partial charge in [0.05, 0.1) is 0 Å². The molecule has 1 heterocycles. The average Bonchev–Trinajstić information content (AvgIpc) is 2.58. The van der Waals surface area contributed by atoms with Gasteiger partial charge in [0.2, 0.25) is 5.78 Å². The van der Waals surface area contributed by atoms with Crippen molar-refractivity contribution in [1.29, 1.82) is 0 Å². The number of amides is 1. The first kappa shape index (κ1) is 13.6. The van der Waals surface area contributed by atoms with Crippen LogP contribution in [0, 0.1) is 12.3 Å². The second-order valence-electron chi connectivity index (χ2n) is 5.48. The molecule has 0 aliphatic carbocycles. The molecule has 1 amide bonds. The molecular weight excluding hydrogens is 218 g/mol. The van der Waals surface area contributed by atoms with Crippen molar-refractivity contribution in [1.82, 2.24) is 4.90 Å². The van der Waals surface area contributed by atoms with Gasteiger partial charge in [-0.2, -0.15) is 0 Å². The summed E-state index contributed by atoms with van der Waals surface area (Å²) in [5.74, 6) is 1.75. The Morgan fingerprint density at radius 3 is 2.47 bits per heavy atom. The Bertz CT molecular complexity index is 375. The molecule has 0 spiro atoms. The van der Waals surface area contributed by atoms with Gasteiger partial charge in [-0.15, -0.1) is 6.42 Å². The summed E-state index contributed by atoms with van der Waals surface area (Å²) in [4.78, 5) is 25.2. The molecule has 0 aromatic rings. The number of likely N-dealkylation sites (tertiary alicyclic amines) is 1. The van der Waals surface area contributed by atoms with Crippen LogP contribution in [-0.4, -0.2) is 34.5 Å². The second-order valence-corrected chi connectivity index (χ2v) is 5.48. The molecule has 1 aliphatic heterocycles. The molecule has 1 aliphatic rings. The summed E-state index contributed by atoms with van der Waals surface area (Å²) in [5, 5.41) is 0. The van der Waals surface area contributed by atoms with E-state index >= 15 is 0 Å². The van der Waals surface area contributed by atoms with Crippen molar-refractivity contribution in [2.75, 3.05) is 6.54 Å². The van der Waals surface area contributed by atoms with Gasteiger partial charge in [0, 0.05) is 6.54 Å². The van der Waals surface area contributed by atoms with Crippen molar-refractivity contribution in [2.24, 2.45) is 0 Å². The lowest BCUT2D eigenvalue weighted by Crippen LogP contribution is -2.51. The molecule has 0 N–H and O–H groups in total. The molecule has 1 saturated heterocycles. The lowest BCUT2D eigenvalue weighted by atomic mass is 9.94. The third-order valence-corrected chi connectivity index (χ3v) is 2.88. The van der Waals surface area contributed by atoms with Gasteiger partial charge in [-0.25, -0.2) is 4.79 Å². The monoisotopic (exact) mass is 237 g/mol. The Labute approximate surface area is 102 Å². The first-order valence-electron chi connectivity index (χ1n) is 5.72. The highest BCUT2D eigenvalue weighted by Gasteiger charge is 2.46. The summed E-state index contributed by atoms with van der Waals surface area (Å²) < 4.78 is 5.28. The fourth-order valence-corrected chi connectivity index (χ4v) is 1.96. The van der Waals surface area contributed by atoms with Crippen LogP contribution < -0.4 is 0 Å². The van der Waals surface area contributed by atoms with E-state index in [0.29, 0.717) is 13.0 Å². The molecule has 0 bridgehead atoms. The van der Waals surface area contributed by atoms with E-state index in [-0.39, 0.29) is 5.78 Å². The maximum absolute atomic E-state index is 12.0. The van der Waals surface area contributed by atoms with E-state index in [2.05, 4.69) is 5.92 Å². The predicted molar refractivity (Wildman–Crippen MR) is 64.4 cm³/mol. The zero-order valence-corrected chi connectivity index (χ0v) is 10.9. The van der Waals surface area contributed by atoms with Gasteiger partial charge < -0.3 is 4.74 Å². The smallest absolute Gasteiger partial charge is 0.411 e. The van der Waals surface area contributed by atoms with Crippen LogP contribution in [0.3, 0.4) is 0 Å². The highest BCUT2D eigenvalue weighted by molar-refractivity contribution is 6.04. The Hall–Kier alpha value is -1.50. The van der Waals surface area contributed by atoms with Gasteiger partial charge in [0.15, 0.2) is 0 Å². The van der Waals surface area contributed by atoms with Gasteiger partial charge in [0.1, 0.15) is 11.1 Å². The Morgan fingerprint density at radius 2 is 2.00 bits per heavy atom. The molecule has 0 aromatic heterocycles. The van der Waals surface area contributed by atoms with Crippen molar-refractivity contribution < 1.29 is 14.3 Å². The summed E-state index contributed by atoms with van der Waals surface area (Å²) in [7, 11) is 0. The van der Waals surface area contributed by atoms with E-state index in [1.54, 1.807) is 27.7 Å². The Morgan fingerprint density at radius 1 is 1.41 bits per heavy atom. The van der Waals surface area contributed by atoms with Gasteiger partial charge in [-0.3, -0.25) is 9.69 Å². The summed E-state index contributed by atoms with van der Waals surface area (Å²) in [6.45, 7) is 7.59. The van der Waals surface area contributed by atoms with Crippen LogP contribution in [0.25, 0.3) is 0 Å². The minimum absolute atomic E-state index is 0.360. The van der Waals surface area contributed by atoms with Gasteiger partial charge >= 0.3 is 6.09 Å². The molecule has 0 aromatic carbocycles. The molecule has 0 saturated carbocycles. The van der Waals surface area contributed by atoms with Crippen molar-refractivity contribution in [2.45, 2.75) is 51.7 Å². The van der Waals surface area contributed by atoms with Gasteiger partial charge in [0.25, 0.3) is 0 Å². The number of Topliss-reactive ketones (excluding diaryl/α,β-unsaturated/α-hetero) is 1. The standard InChI is InChI=1S/C13H19NO3/c1-6-10(15)13(5)8-7-9-14(13)11(16)17-12(2,3)4/h1H,7-9H2,2-5H3. The normalized spacial score (nSPS) is 24.3. The number of carbonyl (C=O) groups is 2. The molecule has 1 unspecified atom stereocenters. The molecular formula is C13H19NO3. The number of rotatable bonds is 1. The number of ether oxygens (including phenoxy) is 1. The van der Waals surface area contributed by atoms with E-state index in [0.717, 1.165) is 6.42 Å². The lowest BCUT2D eigenvalue weighted by Gasteiger charge is -2.33. The van der Waals surface area contributed by atoms with Gasteiger partial charge in [-0.05, 0) is 46.5 Å². The molecule has 4 nitrogen and oxygen atoms in total. The molecule has 4 heteroatoms. The van der Waals surface area contributed by atoms with E-state index < -0.39 is 17.2 Å². The highest BCUT2D eigenvalue weighted by Crippen LogP contribution is 2.31. The zero-order valence-electron chi connectivity index (χ0n) is 10.9. The fourth-order valence-electron chi connectivity index (χ4n) is 1.96. The minimum atomic E-state index is -0.906. The third-order valence-electron chi connectivity index (χ3n) is 2.88. The van der Waals surface area contributed by atoms with Crippen LogP contribution in [0.2, 0.25) is 0 Å². The van der Waals surface area contributed by atoms with Crippen LogP contribution in [0.1, 0.15) is 40.5 Å². The number of ketones is 1. The fraction of sp³-hybridized carbons (Fsp3) is 0.692. The van der Waals surface area contributed by atoms with Crippen LogP contribution in [0.5, 0.6) is 0 Å². The predicted octanol–water partition coefficient (Wildman–Crippen LogP) is 1.98. The summed E-state index contributed by atoms with van der Waals surface area (Å²) >= 11 is 0. The zero-order chi connectivity index (χ0) is 13.3. The SMILES string of the molecule is C#CC(=O)C1(C)CCCN1C(=O)OC(C)(C)C. The average molecular weight is 237 g/mol. The van der Waals surface area contributed by atoms with Crippen LogP contribution in [0.15, 0.2) is 0 Å². The van der Waals surface area contributed by atoms with E-state index in [9.17, 15) is 9.59 Å². The Balaban J connectivity index is 2.87. The molecule has 1 rings (SSSR count). The Kier molecular flexibility index (Phi) is 3.51. The minimum Gasteiger partial charge on any atom is -0.444 e. The molecule has 94 valence electrons. The van der Waals surface area contributed by atoms with Crippen molar-refractivity contribution in [3.63, 3.8) is 0 Å². The molecule has 1 atom stereocenters. The quantitative estimate of drug-likeness (QED) is 0.517. The van der Waals surface area contributed by atoms with E-state index in [1.807, 2.05) is 0 Å². The molecule has 1 fully saturated rings. The number of terminal acetylenes is 1. The second kappa shape index (κ2) is 4.40. The summed E-state index contributed by atoms with van der Waals surface area (Å²) in [6.07, 6.45) is 6.04. The topological polar surface area (TPSA) is 46.6 Å². The number of hydrogen-bond acceptors (Lipinski definition) is 3. The highest BCUT2D eigenvalue weighted by atomic mass is 16.6. The van der Waals surface area contributed by atoms with Crippen molar-refractivity contribution in [3.8, 4) is 12.3 Å². The first-order chi connectivity index (χ1) is 7.70. The summed E-state index contributed by atoms with van der Waals surface area (Å²) in [6, 6.07) is 0. The van der Waals surface area contributed by atoms with Crippen LogP contribution in [-0.2, 0) is 9.53 Å². The lowest BCUT2D eigenvalue weighted by molar-refractivity contribution is -0.122. The maximum Gasteiger partial charge on any atom is 0.411 e. The van der Waals surface area contributed by atoms with Gasteiger partial charge in [-0.1, -0.05) is 0 Å². The maximum atomic E-state index is 12.0. The van der Waals surface area contributed by atoms with Crippen LogP contribution >= 0.6 is 0 Å². The molecule has 17 heavy (non-hydrogen) atoms. The van der Waals surface area contributed by atoms with Crippen molar-refractivity contribution >= 4 is 11.9 Å². The van der Waals surface area contributed by atoms with Crippen molar-refractivity contribution in [3.05, 3.63) is 0 Å². The number of nitrogens with zero attached hydrogens (tertiary/aromatic N) is 1. The summed E-state index contributed by atoms with van der Waals surface area (Å²) in [5.41, 5.74) is -1.48. The number of carbonyl (C=O) groups excluding carboxylic acids is 2. The third kappa shape index (κ3) is 2.79.